The molecule has 3 aliphatic rings. The number of aliphatic imine (C=N–C) groups is 1. The number of carbonyl (C=O) groups is 9. The van der Waals surface area contributed by atoms with Crippen molar-refractivity contribution >= 4 is 82.4 Å². The number of rotatable bonds is 33. The second-order valence-corrected chi connectivity index (χ2v) is 23.5. The van der Waals surface area contributed by atoms with E-state index in [4.69, 9.17) is 16.2 Å². The number of ether oxygens (including phenoxy) is 1. The number of benzene rings is 3. The zero-order valence-corrected chi connectivity index (χ0v) is 52.9. The Kier molecular flexibility index (Phi) is 26.2. The van der Waals surface area contributed by atoms with Gasteiger partial charge in [0, 0.05) is 105 Å². The molecule has 4 aromatic rings. The Morgan fingerprint density at radius 1 is 0.785 bits per heavy atom. The summed E-state index contributed by atoms with van der Waals surface area (Å²) < 4.78 is 35.1. The Morgan fingerprint density at radius 3 is 2.16 bits per heavy atom. The first-order valence-electron chi connectivity index (χ1n) is 31.3. The Balaban J connectivity index is 0.815. The van der Waals surface area contributed by atoms with E-state index in [1.807, 2.05) is 22.4 Å². The molecule has 0 saturated carbocycles. The maximum absolute atomic E-state index is 15.0. The number of aliphatic hydroxyl groups excluding tert-OH is 1. The van der Waals surface area contributed by atoms with E-state index in [1.54, 1.807) is 62.5 Å². The van der Waals surface area contributed by atoms with Crippen LogP contribution in [-0.4, -0.2) is 154 Å². The monoisotopic (exact) mass is 1290 g/mol. The van der Waals surface area contributed by atoms with Crippen LogP contribution in [0.3, 0.4) is 0 Å². The first kappa shape index (κ1) is 71.0. The van der Waals surface area contributed by atoms with Crippen LogP contribution < -0.4 is 48.7 Å². The molecule has 0 aliphatic carbocycles. The molecule has 0 bridgehead atoms. The quantitative estimate of drug-likeness (QED) is 0.0151. The SMILES string of the molecule is CCCN(CCC)C(O)C1=Cc2ccc(C(=O)Nc3cnc4c(c3)CN(Cc3ccc(C(=O)NCC(F)(F)CNC(=O)OCc5ccc(NC(=O)[C@H](CCCNC(N)=O)NC(=O)[C@@H](NC(=O)CCCCCN6C(=O)C=CC6=O)C(C)C)cc5)cc3)CC4)cc2N=C(N)C1. The van der Waals surface area contributed by atoms with Gasteiger partial charge in [-0.1, -0.05) is 64.4 Å². The van der Waals surface area contributed by atoms with Gasteiger partial charge < -0.3 is 58.5 Å². The molecular weight excluding hydrogens is 1200 g/mol. The van der Waals surface area contributed by atoms with Gasteiger partial charge in [0.1, 0.15) is 30.8 Å². The average molecular weight is 1290 g/mol. The standard InChI is InChI=1S/C66H84F2N14O11/c1-5-27-81(28-6-2)63(90)47-31-45-19-20-46(33-53(45)77-54(69)34-47)60(87)76-50-32-48-37-80(30-25-51(48)72-35-50)36-42-13-17-44(18-14-42)59(86)73-39-66(67,68)40-74-65(92)93-38-43-15-21-49(22-16-43)75-61(88)52(11-10-26-71-64(70)91)78-62(89)58(41(3)4)79-55(83)12-8-7-9-29-82-56(84)23-24-57(82)85/h13-24,31-33,35,41,52,58,63,90H,5-12,25-30,34,36-40H2,1-4H3,(H2,69,77)(H,73,86)(H,74,92)(H,75,88)(H,76,87)(H,78,89)(H,79,83)(H3,70,71,91)/t52-,58-,63?/m0/s1. The van der Waals surface area contributed by atoms with Crippen LogP contribution >= 0.6 is 0 Å². The Morgan fingerprint density at radius 2 is 1.47 bits per heavy atom. The van der Waals surface area contributed by atoms with Gasteiger partial charge in [0.2, 0.25) is 17.7 Å². The van der Waals surface area contributed by atoms with Crippen molar-refractivity contribution in [2.24, 2.45) is 22.4 Å². The van der Waals surface area contributed by atoms with E-state index in [2.05, 4.69) is 60.6 Å². The molecule has 0 spiro atoms. The zero-order valence-electron chi connectivity index (χ0n) is 52.9. The minimum Gasteiger partial charge on any atom is -0.445 e. The minimum absolute atomic E-state index is 0.0686. The van der Waals surface area contributed by atoms with Crippen molar-refractivity contribution in [1.29, 1.82) is 0 Å². The molecule has 93 heavy (non-hydrogen) atoms. The number of amidine groups is 1. The number of urea groups is 1. The number of hydrogen-bond acceptors (Lipinski definition) is 16. The predicted octanol–water partition coefficient (Wildman–Crippen LogP) is 5.90. The molecule has 27 heteroatoms. The van der Waals surface area contributed by atoms with Crippen LogP contribution in [0.25, 0.3) is 6.08 Å². The van der Waals surface area contributed by atoms with Gasteiger partial charge >= 0.3 is 12.1 Å². The van der Waals surface area contributed by atoms with Gasteiger partial charge in [-0.3, -0.25) is 53.2 Å². The van der Waals surface area contributed by atoms with Gasteiger partial charge in [0.15, 0.2) is 0 Å². The molecule has 3 aliphatic heterocycles. The number of nitrogens with zero attached hydrogens (tertiary/aromatic N) is 5. The Bertz CT molecular complexity index is 3410. The summed E-state index contributed by atoms with van der Waals surface area (Å²) >= 11 is 0. The van der Waals surface area contributed by atoms with Crippen LogP contribution in [0.1, 0.15) is 134 Å². The number of fused-ring (bicyclic) bond motifs is 2. The number of aliphatic hydroxyl groups is 1. The Labute approximate surface area is 539 Å². The van der Waals surface area contributed by atoms with Crippen molar-refractivity contribution in [3.8, 4) is 0 Å². The summed E-state index contributed by atoms with van der Waals surface area (Å²) in [5, 5.41) is 29.1. The van der Waals surface area contributed by atoms with Crippen molar-refractivity contribution in [2.45, 2.75) is 136 Å². The molecule has 12 N–H and O–H groups in total. The lowest BCUT2D eigenvalue weighted by molar-refractivity contribution is -0.137. The van der Waals surface area contributed by atoms with Crippen LogP contribution in [0.2, 0.25) is 0 Å². The van der Waals surface area contributed by atoms with Gasteiger partial charge in [0.05, 0.1) is 30.7 Å². The number of nitrogens with one attached hydrogen (secondary N) is 7. The van der Waals surface area contributed by atoms with Gasteiger partial charge in [-0.25, -0.2) is 23.4 Å². The first-order chi connectivity index (χ1) is 44.5. The van der Waals surface area contributed by atoms with E-state index in [-0.39, 0.29) is 68.2 Å². The molecule has 1 aromatic heterocycles. The van der Waals surface area contributed by atoms with Gasteiger partial charge in [0.25, 0.3) is 29.6 Å². The molecule has 3 aromatic carbocycles. The number of amides is 10. The third-order valence-corrected chi connectivity index (χ3v) is 15.6. The van der Waals surface area contributed by atoms with Crippen molar-refractivity contribution in [3.05, 3.63) is 136 Å². The van der Waals surface area contributed by atoms with Crippen molar-refractivity contribution in [2.75, 3.05) is 56.4 Å². The number of imide groups is 1. The van der Waals surface area contributed by atoms with Crippen molar-refractivity contribution in [1.82, 2.24) is 46.3 Å². The molecule has 25 nitrogen and oxygen atoms in total. The summed E-state index contributed by atoms with van der Waals surface area (Å²) in [6.45, 7) is 8.58. The highest BCUT2D eigenvalue weighted by Gasteiger charge is 2.32. The van der Waals surface area contributed by atoms with Gasteiger partial charge in [-0.05, 0) is 115 Å². The van der Waals surface area contributed by atoms with E-state index in [0.29, 0.717) is 85.8 Å². The van der Waals surface area contributed by atoms with Gasteiger partial charge in [-0.2, -0.15) is 0 Å². The third kappa shape index (κ3) is 21.8. The van der Waals surface area contributed by atoms with Crippen LogP contribution in [0.15, 0.2) is 102 Å². The third-order valence-electron chi connectivity index (χ3n) is 15.6. The number of alkyl halides is 2. The fraction of sp³-hybridized carbons (Fsp3) is 0.439. The number of pyridine rings is 1. The van der Waals surface area contributed by atoms with E-state index in [1.165, 1.54) is 36.4 Å². The minimum atomic E-state index is -3.55. The lowest BCUT2D eigenvalue weighted by Crippen LogP contribution is -2.54. The van der Waals surface area contributed by atoms with E-state index < -0.39 is 73.1 Å². The predicted molar refractivity (Wildman–Crippen MR) is 345 cm³/mol. The van der Waals surface area contributed by atoms with E-state index in [0.717, 1.165) is 58.8 Å². The van der Waals surface area contributed by atoms with Crippen LogP contribution in [0.5, 0.6) is 0 Å². The van der Waals surface area contributed by atoms with Crippen molar-refractivity contribution < 1.29 is 61.8 Å². The number of alkyl carbamates (subject to hydrolysis) is 1. The summed E-state index contributed by atoms with van der Waals surface area (Å²) in [6, 6.07) is 16.8. The topological polar surface area (TPSA) is 354 Å². The maximum atomic E-state index is 15.0. The molecule has 0 radical (unpaired) electrons. The first-order valence-corrected chi connectivity index (χ1v) is 31.3. The number of aromatic nitrogens is 1. The summed E-state index contributed by atoms with van der Waals surface area (Å²) in [7, 11) is 0. The van der Waals surface area contributed by atoms with Crippen LogP contribution in [0.4, 0.5) is 35.4 Å². The van der Waals surface area contributed by atoms with E-state index >= 15 is 0 Å². The maximum Gasteiger partial charge on any atom is 0.407 e. The summed E-state index contributed by atoms with van der Waals surface area (Å²) in [6.07, 6.45) is 8.59. The molecule has 4 heterocycles. The second-order valence-electron chi connectivity index (χ2n) is 23.5. The lowest BCUT2D eigenvalue weighted by atomic mass is 10.0. The molecule has 0 saturated heterocycles. The number of carbonyl (C=O) groups excluding carboxylic acids is 9. The lowest BCUT2D eigenvalue weighted by Gasteiger charge is -2.28. The highest BCUT2D eigenvalue weighted by atomic mass is 19.3. The largest absolute Gasteiger partial charge is 0.445 e. The zero-order chi connectivity index (χ0) is 67.2. The van der Waals surface area contributed by atoms with Crippen LogP contribution in [-0.2, 0) is 54.8 Å². The summed E-state index contributed by atoms with van der Waals surface area (Å²) in [5.74, 6) is -7.10. The number of halogens is 2. The molecular formula is C66H84F2N14O11. The second kappa shape index (κ2) is 34.3. The fourth-order valence-corrected chi connectivity index (χ4v) is 10.7. The molecule has 7 rings (SSSR count). The normalized spacial score (nSPS) is 14.8. The number of unbranched alkanes of at least 4 members (excludes halogenated alkanes) is 2. The smallest absolute Gasteiger partial charge is 0.407 e. The molecule has 498 valence electrons. The number of nitrogens with two attached hydrogens (primary N) is 2. The highest BCUT2D eigenvalue weighted by Crippen LogP contribution is 2.31. The van der Waals surface area contributed by atoms with Crippen molar-refractivity contribution in [3.63, 3.8) is 0 Å². The Hall–Kier alpha value is -9.47. The summed E-state index contributed by atoms with van der Waals surface area (Å²) in [4.78, 5) is 129. The summed E-state index contributed by atoms with van der Waals surface area (Å²) in [5.41, 5.74) is 18.0. The van der Waals surface area contributed by atoms with Gasteiger partial charge in [-0.15, -0.1) is 0 Å². The number of hydrogen-bond donors (Lipinski definition) is 10. The molecule has 0 fully saturated rings. The molecule has 1 unspecified atom stereocenters. The molecule has 10 amide bonds. The highest BCUT2D eigenvalue weighted by molar-refractivity contribution is 6.13. The van der Waals surface area contributed by atoms with E-state index in [9.17, 15) is 57.0 Å². The van der Waals surface area contributed by atoms with Crippen LogP contribution in [0, 0.1) is 5.92 Å². The number of anilines is 2. The molecule has 3 atom stereocenters. The fourth-order valence-electron chi connectivity index (χ4n) is 10.7. The average Bonchev–Trinajstić information content (AvgIpc) is 1.81. The number of primary amides is 1.